The zero-order chi connectivity index (χ0) is 17.6. The van der Waals surface area contributed by atoms with Crippen LogP contribution in [0.1, 0.15) is 51.5 Å². The highest BCUT2D eigenvalue weighted by atomic mass is 19.1. The maximum Gasteiger partial charge on any atom is 0.220 e. The van der Waals surface area contributed by atoms with Gasteiger partial charge in [0, 0.05) is 19.4 Å². The lowest BCUT2D eigenvalue weighted by Gasteiger charge is -2.23. The van der Waals surface area contributed by atoms with Gasteiger partial charge in [-0.15, -0.1) is 0 Å². The van der Waals surface area contributed by atoms with Crippen LogP contribution >= 0.6 is 0 Å². The highest BCUT2D eigenvalue weighted by molar-refractivity contribution is 5.76. The van der Waals surface area contributed by atoms with Gasteiger partial charge in [0.2, 0.25) is 5.91 Å². The van der Waals surface area contributed by atoms with E-state index in [1.807, 2.05) is 6.92 Å². The summed E-state index contributed by atoms with van der Waals surface area (Å²) in [7, 11) is 0. The van der Waals surface area contributed by atoms with Crippen molar-refractivity contribution in [2.45, 2.75) is 51.7 Å². The second-order valence-corrected chi connectivity index (χ2v) is 7.01. The molecule has 1 fully saturated rings. The Morgan fingerprint density at radius 3 is 2.46 bits per heavy atom. The Balaban J connectivity index is 1.86. The molecule has 0 spiro atoms. The van der Waals surface area contributed by atoms with Crippen molar-refractivity contribution in [2.24, 2.45) is 5.92 Å². The van der Waals surface area contributed by atoms with Crippen molar-refractivity contribution in [1.29, 1.82) is 0 Å². The van der Waals surface area contributed by atoms with Gasteiger partial charge in [-0.3, -0.25) is 4.79 Å². The van der Waals surface area contributed by atoms with Crippen LogP contribution in [-0.4, -0.2) is 31.5 Å². The van der Waals surface area contributed by atoms with Crippen molar-refractivity contribution in [1.82, 2.24) is 5.32 Å². The molecule has 2 rings (SSSR count). The van der Waals surface area contributed by atoms with Crippen LogP contribution in [0.5, 0.6) is 0 Å². The standard InChI is InChI=1S/C19H28FNO3/c1-14(2)12-16(15-4-6-17(20)7-5-15)13-18(22)21-9-8-19(3)23-10-11-24-19/h4-7,14,16H,8-13H2,1-3H3,(H,21,22). The smallest absolute Gasteiger partial charge is 0.220 e. The van der Waals surface area contributed by atoms with Gasteiger partial charge in [0.1, 0.15) is 5.82 Å². The lowest BCUT2D eigenvalue weighted by Crippen LogP contribution is -2.34. The first kappa shape index (κ1) is 18.9. The number of carbonyl (C=O) groups is 1. The molecule has 4 nitrogen and oxygen atoms in total. The fraction of sp³-hybridized carbons (Fsp3) is 0.632. The van der Waals surface area contributed by atoms with Crippen LogP contribution < -0.4 is 5.32 Å². The van der Waals surface area contributed by atoms with Crippen LogP contribution in [0.25, 0.3) is 0 Å². The Kier molecular flexibility index (Phi) is 6.75. The van der Waals surface area contributed by atoms with E-state index < -0.39 is 5.79 Å². The van der Waals surface area contributed by atoms with Gasteiger partial charge in [0.05, 0.1) is 13.2 Å². The van der Waals surface area contributed by atoms with Crippen LogP contribution in [-0.2, 0) is 14.3 Å². The molecule has 0 saturated carbocycles. The first-order valence-electron chi connectivity index (χ1n) is 8.68. The molecule has 1 aromatic carbocycles. The third-order valence-corrected chi connectivity index (χ3v) is 4.33. The highest BCUT2D eigenvalue weighted by Crippen LogP contribution is 2.27. The maximum absolute atomic E-state index is 13.1. The minimum atomic E-state index is -0.582. The minimum absolute atomic E-state index is 0.00609. The molecule has 0 aromatic heterocycles. The van der Waals surface area contributed by atoms with E-state index in [0.717, 1.165) is 12.0 Å². The Labute approximate surface area is 143 Å². The number of rotatable bonds is 8. The topological polar surface area (TPSA) is 47.6 Å². The van der Waals surface area contributed by atoms with Crippen LogP contribution in [0.4, 0.5) is 4.39 Å². The number of ether oxygens (including phenoxy) is 2. The molecule has 0 aliphatic carbocycles. The average molecular weight is 337 g/mol. The number of carbonyl (C=O) groups excluding carboxylic acids is 1. The molecule has 1 heterocycles. The highest BCUT2D eigenvalue weighted by Gasteiger charge is 2.30. The summed E-state index contributed by atoms with van der Waals surface area (Å²) in [6, 6.07) is 6.46. The molecule has 1 unspecified atom stereocenters. The molecule has 1 aliphatic rings. The fourth-order valence-corrected chi connectivity index (χ4v) is 3.07. The van der Waals surface area contributed by atoms with Gasteiger partial charge in [-0.25, -0.2) is 4.39 Å². The second kappa shape index (κ2) is 8.58. The van der Waals surface area contributed by atoms with E-state index in [9.17, 15) is 9.18 Å². The molecule has 1 aromatic rings. The predicted molar refractivity (Wildman–Crippen MR) is 91.1 cm³/mol. The summed E-state index contributed by atoms with van der Waals surface area (Å²) < 4.78 is 24.2. The van der Waals surface area contributed by atoms with Gasteiger partial charge in [0.15, 0.2) is 5.79 Å². The summed E-state index contributed by atoms with van der Waals surface area (Å²) in [6.45, 7) is 7.88. The number of benzene rings is 1. The molecular formula is C19H28FNO3. The fourth-order valence-electron chi connectivity index (χ4n) is 3.07. The number of halogens is 1. The van der Waals surface area contributed by atoms with Gasteiger partial charge in [0.25, 0.3) is 0 Å². The molecule has 1 amide bonds. The maximum atomic E-state index is 13.1. The summed E-state index contributed by atoms with van der Waals surface area (Å²) in [5.41, 5.74) is 1.01. The molecular weight excluding hydrogens is 309 g/mol. The first-order chi connectivity index (χ1) is 11.4. The van der Waals surface area contributed by atoms with E-state index in [1.165, 1.54) is 12.1 Å². The van der Waals surface area contributed by atoms with Crippen molar-refractivity contribution < 1.29 is 18.7 Å². The zero-order valence-corrected chi connectivity index (χ0v) is 14.8. The van der Waals surface area contributed by atoms with Gasteiger partial charge in [-0.05, 0) is 42.9 Å². The summed E-state index contributed by atoms with van der Waals surface area (Å²) >= 11 is 0. The monoisotopic (exact) mass is 337 g/mol. The number of amides is 1. The van der Waals surface area contributed by atoms with Crippen LogP contribution in [0.2, 0.25) is 0 Å². The Morgan fingerprint density at radius 1 is 1.25 bits per heavy atom. The van der Waals surface area contributed by atoms with E-state index in [0.29, 0.717) is 38.5 Å². The number of hydrogen-bond acceptors (Lipinski definition) is 3. The van der Waals surface area contributed by atoms with Crippen molar-refractivity contribution in [3.63, 3.8) is 0 Å². The average Bonchev–Trinajstić information content (AvgIpc) is 2.93. The number of nitrogens with one attached hydrogen (secondary N) is 1. The largest absolute Gasteiger partial charge is 0.356 e. The van der Waals surface area contributed by atoms with E-state index in [1.54, 1.807) is 12.1 Å². The van der Waals surface area contributed by atoms with Crippen molar-refractivity contribution in [2.75, 3.05) is 19.8 Å². The van der Waals surface area contributed by atoms with Crippen LogP contribution in [0, 0.1) is 11.7 Å². The molecule has 1 atom stereocenters. The third kappa shape index (κ3) is 5.87. The molecule has 0 radical (unpaired) electrons. The van der Waals surface area contributed by atoms with Gasteiger partial charge in [-0.1, -0.05) is 26.0 Å². The zero-order valence-electron chi connectivity index (χ0n) is 14.8. The minimum Gasteiger partial charge on any atom is -0.356 e. The lowest BCUT2D eigenvalue weighted by atomic mass is 9.87. The van der Waals surface area contributed by atoms with Gasteiger partial charge >= 0.3 is 0 Å². The molecule has 1 saturated heterocycles. The lowest BCUT2D eigenvalue weighted by molar-refractivity contribution is -0.146. The Hall–Kier alpha value is -1.46. The first-order valence-corrected chi connectivity index (χ1v) is 8.68. The Morgan fingerprint density at radius 2 is 1.88 bits per heavy atom. The molecule has 134 valence electrons. The third-order valence-electron chi connectivity index (χ3n) is 4.33. The molecule has 0 bridgehead atoms. The quantitative estimate of drug-likeness (QED) is 0.788. The van der Waals surface area contributed by atoms with E-state index in [2.05, 4.69) is 19.2 Å². The molecule has 1 aliphatic heterocycles. The van der Waals surface area contributed by atoms with Crippen LogP contribution in [0.15, 0.2) is 24.3 Å². The predicted octanol–water partition coefficient (Wildman–Crippen LogP) is 3.61. The van der Waals surface area contributed by atoms with Crippen molar-refractivity contribution in [3.8, 4) is 0 Å². The molecule has 5 heteroatoms. The summed E-state index contributed by atoms with van der Waals surface area (Å²) in [5.74, 6) is -0.267. The Bertz CT molecular complexity index is 524. The van der Waals surface area contributed by atoms with Gasteiger partial charge in [-0.2, -0.15) is 0 Å². The van der Waals surface area contributed by atoms with E-state index in [4.69, 9.17) is 9.47 Å². The molecule has 1 N–H and O–H groups in total. The SMILES string of the molecule is CC(C)CC(CC(=O)NCCC1(C)OCCO1)c1ccc(F)cc1. The van der Waals surface area contributed by atoms with Crippen molar-refractivity contribution in [3.05, 3.63) is 35.6 Å². The summed E-state index contributed by atoms with van der Waals surface area (Å²) in [6.07, 6.45) is 1.93. The summed E-state index contributed by atoms with van der Waals surface area (Å²) in [5, 5.41) is 2.95. The second-order valence-electron chi connectivity index (χ2n) is 7.01. The number of hydrogen-bond donors (Lipinski definition) is 1. The van der Waals surface area contributed by atoms with E-state index in [-0.39, 0.29) is 17.6 Å². The molecule has 24 heavy (non-hydrogen) atoms. The van der Waals surface area contributed by atoms with E-state index >= 15 is 0 Å². The van der Waals surface area contributed by atoms with Gasteiger partial charge < -0.3 is 14.8 Å². The van der Waals surface area contributed by atoms with Crippen LogP contribution in [0.3, 0.4) is 0 Å². The normalized spacial score (nSPS) is 17.9. The summed E-state index contributed by atoms with van der Waals surface area (Å²) in [4.78, 5) is 12.3. The van der Waals surface area contributed by atoms with Crippen molar-refractivity contribution >= 4 is 5.91 Å².